The molecule has 2 aliphatic rings. The van der Waals surface area contributed by atoms with E-state index in [0.717, 1.165) is 36.9 Å². The van der Waals surface area contributed by atoms with E-state index in [4.69, 9.17) is 4.74 Å². The fraction of sp³-hybridized carbons (Fsp3) is 0.632. The summed E-state index contributed by atoms with van der Waals surface area (Å²) in [6, 6.07) is 6.67. The van der Waals surface area contributed by atoms with Crippen LogP contribution in [0.1, 0.15) is 57.7 Å². The average molecular weight is 316 g/mol. The van der Waals surface area contributed by atoms with Crippen LogP contribution in [0.5, 0.6) is 0 Å². The van der Waals surface area contributed by atoms with Gasteiger partial charge in [-0.15, -0.1) is 0 Å². The third-order valence-corrected chi connectivity index (χ3v) is 4.77. The van der Waals surface area contributed by atoms with Crippen molar-refractivity contribution in [3.63, 3.8) is 0 Å². The number of carbonyl (C=O) groups is 1. The number of anilines is 1. The highest BCUT2D eigenvalue weighted by Crippen LogP contribution is 2.39. The van der Waals surface area contributed by atoms with Crippen molar-refractivity contribution in [2.24, 2.45) is 11.8 Å². The number of hydrogen-bond acceptors (Lipinski definition) is 3. The Morgan fingerprint density at radius 1 is 1.35 bits per heavy atom. The zero-order chi connectivity index (χ0) is 16.6. The Balaban J connectivity index is 1.58. The minimum Gasteiger partial charge on any atom is -0.444 e. The summed E-state index contributed by atoms with van der Waals surface area (Å²) < 4.78 is 5.30. The summed E-state index contributed by atoms with van der Waals surface area (Å²) in [5, 5.41) is 6.54. The lowest BCUT2D eigenvalue weighted by Gasteiger charge is -2.20. The van der Waals surface area contributed by atoms with Crippen LogP contribution >= 0.6 is 0 Å². The fourth-order valence-electron chi connectivity index (χ4n) is 3.31. The van der Waals surface area contributed by atoms with E-state index in [0.29, 0.717) is 6.04 Å². The van der Waals surface area contributed by atoms with Crippen LogP contribution in [0.15, 0.2) is 18.2 Å². The summed E-state index contributed by atoms with van der Waals surface area (Å²) in [6.45, 7) is 9.05. The predicted octanol–water partition coefficient (Wildman–Crippen LogP) is 4.27. The predicted molar refractivity (Wildman–Crippen MR) is 92.6 cm³/mol. The first-order valence-electron chi connectivity index (χ1n) is 8.68. The molecule has 2 aliphatic carbocycles. The molecule has 3 atom stereocenters. The first-order chi connectivity index (χ1) is 10.8. The molecule has 3 rings (SSSR count). The van der Waals surface area contributed by atoms with Gasteiger partial charge in [-0.3, -0.25) is 5.32 Å². The van der Waals surface area contributed by atoms with Crippen LogP contribution in [0.25, 0.3) is 0 Å². The van der Waals surface area contributed by atoms with Gasteiger partial charge in [-0.25, -0.2) is 4.79 Å². The van der Waals surface area contributed by atoms with Crippen molar-refractivity contribution in [2.75, 3.05) is 11.9 Å². The van der Waals surface area contributed by atoms with Gasteiger partial charge in [0.2, 0.25) is 0 Å². The number of rotatable bonds is 4. The Hall–Kier alpha value is -1.55. The number of nitrogens with one attached hydrogen (secondary N) is 2. The number of aryl methyl sites for hydroxylation is 1. The molecule has 0 spiro atoms. The molecule has 1 fully saturated rings. The molecule has 0 radical (unpaired) electrons. The van der Waals surface area contributed by atoms with Gasteiger partial charge >= 0.3 is 6.09 Å². The van der Waals surface area contributed by atoms with Gasteiger partial charge < -0.3 is 10.1 Å². The summed E-state index contributed by atoms with van der Waals surface area (Å²) in [5.41, 5.74) is 3.05. The van der Waals surface area contributed by atoms with Crippen LogP contribution in [0.4, 0.5) is 10.5 Å². The molecular weight excluding hydrogens is 288 g/mol. The molecule has 1 aromatic carbocycles. The van der Waals surface area contributed by atoms with Crippen LogP contribution in [0.3, 0.4) is 0 Å². The van der Waals surface area contributed by atoms with Crippen molar-refractivity contribution in [1.29, 1.82) is 0 Å². The molecule has 4 heteroatoms. The quantitative estimate of drug-likeness (QED) is 0.872. The van der Waals surface area contributed by atoms with Gasteiger partial charge in [0.1, 0.15) is 5.60 Å². The maximum absolute atomic E-state index is 11.9. The minimum atomic E-state index is -0.476. The molecular formula is C19H28N2O2. The second-order valence-electron chi connectivity index (χ2n) is 8.01. The van der Waals surface area contributed by atoms with Gasteiger partial charge in [-0.2, -0.15) is 0 Å². The normalized spacial score (nSPS) is 25.8. The molecule has 0 heterocycles. The van der Waals surface area contributed by atoms with Gasteiger partial charge in [0.15, 0.2) is 0 Å². The smallest absolute Gasteiger partial charge is 0.412 e. The Morgan fingerprint density at radius 2 is 2.09 bits per heavy atom. The van der Waals surface area contributed by atoms with Crippen molar-refractivity contribution < 1.29 is 9.53 Å². The molecule has 0 aromatic heterocycles. The number of carbonyl (C=O) groups excluding carboxylic acids is 1. The molecule has 2 N–H and O–H groups in total. The van der Waals surface area contributed by atoms with Crippen molar-refractivity contribution in [1.82, 2.24) is 5.32 Å². The minimum absolute atomic E-state index is 0.396. The standard InChI is InChI=1S/C19H28N2O2/c1-12-9-14(12)11-20-17-8-5-13-10-15(6-7-16(13)17)21-18(22)23-19(2,3)4/h6-7,10,12,14,17,20H,5,8-9,11H2,1-4H3,(H,21,22). The van der Waals surface area contributed by atoms with E-state index in [9.17, 15) is 4.79 Å². The summed E-state index contributed by atoms with van der Waals surface area (Å²) in [7, 11) is 0. The molecule has 3 unspecified atom stereocenters. The Labute approximate surface area is 139 Å². The molecule has 0 bridgehead atoms. The van der Waals surface area contributed by atoms with Crippen molar-refractivity contribution in [2.45, 2.75) is 58.6 Å². The molecule has 0 aliphatic heterocycles. The third-order valence-electron chi connectivity index (χ3n) is 4.77. The number of ether oxygens (including phenoxy) is 1. The first-order valence-corrected chi connectivity index (χ1v) is 8.68. The van der Waals surface area contributed by atoms with Crippen LogP contribution in [0.2, 0.25) is 0 Å². The van der Waals surface area contributed by atoms with Crippen LogP contribution in [0, 0.1) is 11.8 Å². The van der Waals surface area contributed by atoms with Crippen LogP contribution in [-0.2, 0) is 11.2 Å². The third kappa shape index (κ3) is 4.25. The lowest BCUT2D eigenvalue weighted by molar-refractivity contribution is 0.0636. The fourth-order valence-corrected chi connectivity index (χ4v) is 3.31. The second-order valence-corrected chi connectivity index (χ2v) is 8.01. The molecule has 0 saturated heterocycles. The van der Waals surface area contributed by atoms with E-state index >= 15 is 0 Å². The van der Waals surface area contributed by atoms with E-state index in [1.54, 1.807) is 0 Å². The van der Waals surface area contributed by atoms with Crippen molar-refractivity contribution in [3.8, 4) is 0 Å². The SMILES string of the molecule is CC1CC1CNC1CCc2cc(NC(=O)OC(C)(C)C)ccc21. The van der Waals surface area contributed by atoms with Crippen molar-refractivity contribution in [3.05, 3.63) is 29.3 Å². The average Bonchev–Trinajstić information content (AvgIpc) is 2.99. The highest BCUT2D eigenvalue weighted by atomic mass is 16.6. The largest absolute Gasteiger partial charge is 0.444 e. The number of amides is 1. The molecule has 1 aromatic rings. The Kier molecular flexibility index (Phi) is 4.37. The lowest BCUT2D eigenvalue weighted by Crippen LogP contribution is -2.27. The van der Waals surface area contributed by atoms with Gasteiger partial charge in [0.05, 0.1) is 0 Å². The van der Waals surface area contributed by atoms with E-state index in [2.05, 4.69) is 29.7 Å². The first kappa shape index (κ1) is 16.3. The van der Waals surface area contributed by atoms with E-state index in [-0.39, 0.29) is 0 Å². The van der Waals surface area contributed by atoms with Crippen LogP contribution < -0.4 is 10.6 Å². The summed E-state index contributed by atoms with van der Waals surface area (Å²) in [5.74, 6) is 1.76. The van der Waals surface area contributed by atoms with E-state index < -0.39 is 11.7 Å². The highest BCUT2D eigenvalue weighted by Gasteiger charge is 2.33. The Bertz CT molecular complexity index is 592. The molecule has 1 saturated carbocycles. The van der Waals surface area contributed by atoms with Gasteiger partial charge in [-0.05, 0) is 81.7 Å². The number of benzene rings is 1. The number of fused-ring (bicyclic) bond motifs is 1. The van der Waals surface area contributed by atoms with E-state index in [1.165, 1.54) is 17.5 Å². The molecule has 1 amide bonds. The molecule has 4 nitrogen and oxygen atoms in total. The van der Waals surface area contributed by atoms with E-state index in [1.807, 2.05) is 26.8 Å². The lowest BCUT2D eigenvalue weighted by atomic mass is 10.1. The molecule has 126 valence electrons. The molecule has 23 heavy (non-hydrogen) atoms. The van der Waals surface area contributed by atoms with Gasteiger partial charge in [-0.1, -0.05) is 13.0 Å². The maximum Gasteiger partial charge on any atom is 0.412 e. The number of hydrogen-bond donors (Lipinski definition) is 2. The summed E-state index contributed by atoms with van der Waals surface area (Å²) >= 11 is 0. The maximum atomic E-state index is 11.9. The van der Waals surface area contributed by atoms with Crippen LogP contribution in [-0.4, -0.2) is 18.2 Å². The van der Waals surface area contributed by atoms with Gasteiger partial charge in [0, 0.05) is 11.7 Å². The highest BCUT2D eigenvalue weighted by molar-refractivity contribution is 5.85. The summed E-state index contributed by atoms with van der Waals surface area (Å²) in [6.07, 6.45) is 3.18. The van der Waals surface area contributed by atoms with Crippen molar-refractivity contribution >= 4 is 11.8 Å². The summed E-state index contributed by atoms with van der Waals surface area (Å²) in [4.78, 5) is 11.9. The van der Waals surface area contributed by atoms with Gasteiger partial charge in [0.25, 0.3) is 0 Å². The topological polar surface area (TPSA) is 50.4 Å². The Morgan fingerprint density at radius 3 is 2.74 bits per heavy atom. The zero-order valence-corrected chi connectivity index (χ0v) is 14.6. The zero-order valence-electron chi connectivity index (χ0n) is 14.6. The second kappa shape index (κ2) is 6.16. The monoisotopic (exact) mass is 316 g/mol.